The summed E-state index contributed by atoms with van der Waals surface area (Å²) in [5.41, 5.74) is 3.04. The van der Waals surface area contributed by atoms with Gasteiger partial charge in [0.05, 0.1) is 0 Å². The van der Waals surface area contributed by atoms with Crippen LogP contribution in [0.1, 0.15) is 55.2 Å². The van der Waals surface area contributed by atoms with Crippen LogP contribution in [0, 0.1) is 5.92 Å². The first-order valence-corrected chi connectivity index (χ1v) is 9.16. The maximum atomic E-state index is 2.69. The molecule has 2 aliphatic rings. The lowest BCUT2D eigenvalue weighted by atomic mass is 9.67. The molecule has 0 radical (unpaired) electrons. The Bertz CT molecular complexity index is 621. The highest BCUT2D eigenvalue weighted by Crippen LogP contribution is 2.49. The zero-order valence-corrected chi connectivity index (χ0v) is 14.1. The third-order valence-electron chi connectivity index (χ3n) is 6.20. The van der Waals surface area contributed by atoms with Crippen LogP contribution in [-0.4, -0.2) is 18.0 Å². The molecule has 4 rings (SSSR count). The molecule has 0 N–H and O–H groups in total. The zero-order chi connectivity index (χ0) is 15.6. The fourth-order valence-electron chi connectivity index (χ4n) is 5.06. The van der Waals surface area contributed by atoms with Gasteiger partial charge in [-0.05, 0) is 49.3 Å². The van der Waals surface area contributed by atoms with E-state index in [0.717, 1.165) is 12.0 Å². The van der Waals surface area contributed by atoms with Crippen molar-refractivity contribution in [3.8, 4) is 0 Å². The van der Waals surface area contributed by atoms with Crippen LogP contribution < -0.4 is 0 Å². The number of hydrogen-bond donors (Lipinski definition) is 0. The van der Waals surface area contributed by atoms with Gasteiger partial charge in [0.1, 0.15) is 0 Å². The zero-order valence-electron chi connectivity index (χ0n) is 14.1. The van der Waals surface area contributed by atoms with Crippen LogP contribution in [0.3, 0.4) is 0 Å². The molecule has 1 nitrogen and oxygen atoms in total. The smallest absolute Gasteiger partial charge is 0.0354 e. The fraction of sp³-hybridized carbons (Fsp3) is 0.455. The summed E-state index contributed by atoms with van der Waals surface area (Å²) < 4.78 is 0. The number of fused-ring (bicyclic) bond motifs is 1. The number of nitrogens with zero attached hydrogens (tertiary/aromatic N) is 1. The molecule has 1 saturated heterocycles. The number of hydrogen-bond acceptors (Lipinski definition) is 1. The lowest BCUT2D eigenvalue weighted by Crippen LogP contribution is -2.49. The van der Waals surface area contributed by atoms with Crippen LogP contribution in [0.15, 0.2) is 60.7 Å². The van der Waals surface area contributed by atoms with Crippen molar-refractivity contribution >= 4 is 0 Å². The molecule has 0 aromatic heterocycles. The Balaban J connectivity index is 1.70. The van der Waals surface area contributed by atoms with E-state index in [1.807, 2.05) is 0 Å². The predicted molar refractivity (Wildman–Crippen MR) is 96.5 cm³/mol. The van der Waals surface area contributed by atoms with Crippen LogP contribution in [0.4, 0.5) is 0 Å². The molecule has 1 heteroatoms. The van der Waals surface area contributed by atoms with E-state index in [-0.39, 0.29) is 0 Å². The molecule has 1 heterocycles. The molecule has 2 aromatic rings. The van der Waals surface area contributed by atoms with Crippen LogP contribution in [0.25, 0.3) is 0 Å². The van der Waals surface area contributed by atoms with Gasteiger partial charge in [-0.2, -0.15) is 0 Å². The molecule has 1 aliphatic heterocycles. The van der Waals surface area contributed by atoms with E-state index in [2.05, 4.69) is 72.6 Å². The van der Waals surface area contributed by atoms with Gasteiger partial charge >= 0.3 is 0 Å². The minimum absolute atomic E-state index is 0.556. The van der Waals surface area contributed by atoms with E-state index in [0.29, 0.717) is 12.0 Å². The minimum Gasteiger partial charge on any atom is -0.296 e. The molecule has 1 aliphatic carbocycles. The molecular weight excluding hydrogens is 278 g/mol. The molecule has 120 valence electrons. The van der Waals surface area contributed by atoms with Crippen molar-refractivity contribution in [1.82, 2.24) is 4.90 Å². The lowest BCUT2D eigenvalue weighted by molar-refractivity contribution is 0.0200. The number of piperidine rings is 1. The first-order chi connectivity index (χ1) is 11.3. The van der Waals surface area contributed by atoms with Gasteiger partial charge in [0.15, 0.2) is 0 Å². The predicted octanol–water partition coefficient (Wildman–Crippen LogP) is 5.41. The van der Waals surface area contributed by atoms with Gasteiger partial charge in [0.2, 0.25) is 0 Å². The molecule has 23 heavy (non-hydrogen) atoms. The SMILES string of the molecule is CN1[C@@H](c2ccccc2)C[C@@H](c2ccccc2)[C@H]2CCCC[C@H]21. The Morgan fingerprint density at radius 3 is 2.09 bits per heavy atom. The van der Waals surface area contributed by atoms with Crippen molar-refractivity contribution in [2.45, 2.75) is 50.1 Å². The molecule has 0 unspecified atom stereocenters. The van der Waals surface area contributed by atoms with Crippen molar-refractivity contribution in [2.24, 2.45) is 5.92 Å². The van der Waals surface area contributed by atoms with Crippen LogP contribution >= 0.6 is 0 Å². The summed E-state index contributed by atoms with van der Waals surface area (Å²) in [6, 6.07) is 23.7. The van der Waals surface area contributed by atoms with E-state index < -0.39 is 0 Å². The maximum absolute atomic E-state index is 2.69. The Hall–Kier alpha value is -1.60. The first-order valence-electron chi connectivity index (χ1n) is 9.16. The largest absolute Gasteiger partial charge is 0.296 e. The van der Waals surface area contributed by atoms with Gasteiger partial charge in [0.25, 0.3) is 0 Å². The van der Waals surface area contributed by atoms with E-state index in [1.165, 1.54) is 37.7 Å². The van der Waals surface area contributed by atoms with Gasteiger partial charge < -0.3 is 0 Å². The molecule has 0 bridgehead atoms. The summed E-state index contributed by atoms with van der Waals surface area (Å²) in [6.45, 7) is 0. The maximum Gasteiger partial charge on any atom is 0.0354 e. The highest BCUT2D eigenvalue weighted by atomic mass is 15.2. The second-order valence-corrected chi connectivity index (χ2v) is 7.36. The molecule has 4 atom stereocenters. The number of likely N-dealkylation sites (tertiary alicyclic amines) is 1. The normalized spacial score (nSPS) is 31.5. The molecular formula is C22H27N. The number of rotatable bonds is 2. The van der Waals surface area contributed by atoms with Gasteiger partial charge in [-0.3, -0.25) is 4.90 Å². The Morgan fingerprint density at radius 1 is 0.783 bits per heavy atom. The van der Waals surface area contributed by atoms with E-state index in [1.54, 1.807) is 5.56 Å². The molecule has 0 amide bonds. The fourth-order valence-corrected chi connectivity index (χ4v) is 5.06. The third-order valence-corrected chi connectivity index (χ3v) is 6.20. The average molecular weight is 305 g/mol. The highest BCUT2D eigenvalue weighted by Gasteiger charge is 2.42. The Morgan fingerprint density at radius 2 is 1.39 bits per heavy atom. The first kappa shape index (κ1) is 15.0. The van der Waals surface area contributed by atoms with Crippen LogP contribution in [0.2, 0.25) is 0 Å². The summed E-state index contributed by atoms with van der Waals surface area (Å²) in [5, 5.41) is 0. The topological polar surface area (TPSA) is 3.24 Å². The summed E-state index contributed by atoms with van der Waals surface area (Å²) >= 11 is 0. The second kappa shape index (κ2) is 6.49. The Labute approximate surface area is 140 Å². The van der Waals surface area contributed by atoms with Crippen molar-refractivity contribution in [3.63, 3.8) is 0 Å². The van der Waals surface area contributed by atoms with Crippen molar-refractivity contribution < 1.29 is 0 Å². The molecule has 0 spiro atoms. The number of benzene rings is 2. The van der Waals surface area contributed by atoms with Gasteiger partial charge in [0, 0.05) is 12.1 Å². The highest BCUT2D eigenvalue weighted by molar-refractivity contribution is 5.26. The summed E-state index contributed by atoms with van der Waals surface area (Å²) in [6.07, 6.45) is 6.83. The van der Waals surface area contributed by atoms with E-state index in [4.69, 9.17) is 0 Å². The summed E-state index contributed by atoms with van der Waals surface area (Å²) in [7, 11) is 2.36. The van der Waals surface area contributed by atoms with Gasteiger partial charge in [-0.1, -0.05) is 73.5 Å². The van der Waals surface area contributed by atoms with Crippen LogP contribution in [0.5, 0.6) is 0 Å². The van der Waals surface area contributed by atoms with Crippen molar-refractivity contribution in [2.75, 3.05) is 7.05 Å². The van der Waals surface area contributed by atoms with Crippen molar-refractivity contribution in [1.29, 1.82) is 0 Å². The van der Waals surface area contributed by atoms with Gasteiger partial charge in [-0.25, -0.2) is 0 Å². The molecule has 1 saturated carbocycles. The average Bonchev–Trinajstić information content (AvgIpc) is 2.64. The lowest BCUT2D eigenvalue weighted by Gasteiger charge is -2.51. The van der Waals surface area contributed by atoms with Crippen molar-refractivity contribution in [3.05, 3.63) is 71.8 Å². The third kappa shape index (κ3) is 2.83. The summed E-state index contributed by atoms with van der Waals surface area (Å²) in [4.78, 5) is 2.69. The van der Waals surface area contributed by atoms with E-state index >= 15 is 0 Å². The van der Waals surface area contributed by atoms with E-state index in [9.17, 15) is 0 Å². The Kier molecular flexibility index (Phi) is 4.22. The quantitative estimate of drug-likeness (QED) is 0.717. The monoisotopic (exact) mass is 305 g/mol. The standard InChI is InChI=1S/C22H27N/c1-23-21-15-9-8-14-19(21)20(17-10-4-2-5-11-17)16-22(23)18-12-6-3-7-13-18/h2-7,10-13,19-22H,8-9,14-16H2,1H3/t19-,20+,21-,22-/m1/s1. The summed E-state index contributed by atoms with van der Waals surface area (Å²) in [5.74, 6) is 1.54. The second-order valence-electron chi connectivity index (χ2n) is 7.36. The molecule has 2 aromatic carbocycles. The minimum atomic E-state index is 0.556. The van der Waals surface area contributed by atoms with Gasteiger partial charge in [-0.15, -0.1) is 0 Å². The molecule has 2 fully saturated rings. The van der Waals surface area contributed by atoms with Crippen LogP contribution in [-0.2, 0) is 0 Å².